The van der Waals surface area contributed by atoms with Gasteiger partial charge in [-0.2, -0.15) is 0 Å². The summed E-state index contributed by atoms with van der Waals surface area (Å²) in [6.07, 6.45) is 0.972. The van der Waals surface area contributed by atoms with E-state index in [9.17, 15) is 14.4 Å². The largest absolute Gasteiger partial charge is 0.467 e. The molecule has 0 spiro atoms. The molecule has 0 rings (SSSR count). The molecule has 1 N–H and O–H groups in total. The summed E-state index contributed by atoms with van der Waals surface area (Å²) in [5.41, 5.74) is 0. The molecule has 0 radical (unpaired) electrons. The highest BCUT2D eigenvalue weighted by Gasteiger charge is 2.19. The van der Waals surface area contributed by atoms with E-state index in [0.717, 1.165) is 0 Å². The number of amides is 1. The van der Waals surface area contributed by atoms with Crippen molar-refractivity contribution in [2.45, 2.75) is 19.4 Å². The van der Waals surface area contributed by atoms with Gasteiger partial charge >= 0.3 is 5.97 Å². The maximum atomic E-state index is 11.1. The summed E-state index contributed by atoms with van der Waals surface area (Å²) in [6.45, 7) is 1.51. The van der Waals surface area contributed by atoms with Crippen molar-refractivity contribution >= 4 is 18.2 Å². The van der Waals surface area contributed by atoms with Crippen LogP contribution in [0.15, 0.2) is 0 Å². The Hall–Kier alpha value is -1.43. The molecule has 15 heavy (non-hydrogen) atoms. The Labute approximate surface area is 87.9 Å². The van der Waals surface area contributed by atoms with Gasteiger partial charge in [-0.1, -0.05) is 0 Å². The van der Waals surface area contributed by atoms with Crippen molar-refractivity contribution in [2.24, 2.45) is 0 Å². The van der Waals surface area contributed by atoms with Gasteiger partial charge < -0.3 is 19.6 Å². The Morgan fingerprint density at radius 3 is 2.60 bits per heavy atom. The maximum absolute atomic E-state index is 11.1. The minimum atomic E-state index is -0.820. The van der Waals surface area contributed by atoms with Gasteiger partial charge in [0.05, 0.1) is 20.3 Å². The highest BCUT2D eigenvalue weighted by atomic mass is 16.5. The van der Waals surface area contributed by atoms with Crippen molar-refractivity contribution in [2.75, 3.05) is 20.3 Å². The minimum Gasteiger partial charge on any atom is -0.467 e. The maximum Gasteiger partial charge on any atom is 0.330 e. The highest BCUT2D eigenvalue weighted by molar-refractivity contribution is 5.83. The van der Waals surface area contributed by atoms with Crippen LogP contribution in [0.1, 0.15) is 13.3 Å². The summed E-state index contributed by atoms with van der Waals surface area (Å²) in [5, 5.41) is 2.38. The third-order valence-corrected chi connectivity index (χ3v) is 1.53. The van der Waals surface area contributed by atoms with E-state index in [2.05, 4.69) is 10.1 Å². The van der Waals surface area contributed by atoms with E-state index < -0.39 is 12.0 Å². The highest BCUT2D eigenvalue weighted by Crippen LogP contribution is 1.91. The Morgan fingerprint density at radius 1 is 1.47 bits per heavy atom. The average molecular weight is 217 g/mol. The lowest BCUT2D eigenvalue weighted by molar-refractivity contribution is -0.146. The van der Waals surface area contributed by atoms with Gasteiger partial charge in [0.25, 0.3) is 0 Å². The predicted octanol–water partition coefficient (Wildman–Crippen LogP) is -0.730. The van der Waals surface area contributed by atoms with Gasteiger partial charge in [0, 0.05) is 13.3 Å². The molecular weight excluding hydrogens is 202 g/mol. The SMILES string of the molecule is COC(=O)[C@@H](COCCC=O)NC(C)=O. The second-order valence-corrected chi connectivity index (χ2v) is 2.81. The molecular formula is C9H15NO5. The minimum absolute atomic E-state index is 0.0000926. The first kappa shape index (κ1) is 13.6. The van der Waals surface area contributed by atoms with E-state index in [1.807, 2.05) is 0 Å². The standard InChI is InChI=1S/C9H15NO5/c1-7(12)10-8(9(13)14-2)6-15-5-3-4-11/h4,8H,3,5-6H2,1-2H3,(H,10,12)/t8-/m1/s1. The third kappa shape index (κ3) is 6.62. The molecule has 1 atom stereocenters. The number of hydrogen-bond donors (Lipinski definition) is 1. The van der Waals surface area contributed by atoms with Crippen LogP contribution in [-0.4, -0.2) is 44.5 Å². The van der Waals surface area contributed by atoms with Crippen molar-refractivity contribution in [3.63, 3.8) is 0 Å². The fourth-order valence-corrected chi connectivity index (χ4v) is 0.889. The molecule has 0 aliphatic rings. The third-order valence-electron chi connectivity index (χ3n) is 1.53. The number of carbonyl (C=O) groups is 3. The number of esters is 1. The summed E-state index contributed by atoms with van der Waals surface area (Å²) in [4.78, 5) is 31.8. The van der Waals surface area contributed by atoms with E-state index in [-0.39, 0.29) is 25.5 Å². The molecule has 6 nitrogen and oxygen atoms in total. The summed E-state index contributed by atoms with van der Waals surface area (Å²) < 4.78 is 9.48. The van der Waals surface area contributed by atoms with Gasteiger partial charge in [-0.05, 0) is 0 Å². The summed E-state index contributed by atoms with van der Waals surface area (Å²) >= 11 is 0. The van der Waals surface area contributed by atoms with Crippen molar-refractivity contribution in [3.8, 4) is 0 Å². The summed E-state index contributed by atoms with van der Waals surface area (Å²) in [5.74, 6) is -0.916. The van der Waals surface area contributed by atoms with Crippen molar-refractivity contribution in [1.82, 2.24) is 5.32 Å². The Kier molecular flexibility index (Phi) is 7.17. The summed E-state index contributed by atoms with van der Waals surface area (Å²) in [6, 6.07) is -0.820. The zero-order valence-electron chi connectivity index (χ0n) is 8.82. The van der Waals surface area contributed by atoms with E-state index >= 15 is 0 Å². The number of ether oxygens (including phenoxy) is 2. The van der Waals surface area contributed by atoms with E-state index in [1.165, 1.54) is 14.0 Å². The molecule has 0 aromatic carbocycles. The van der Waals surface area contributed by atoms with Crippen LogP contribution >= 0.6 is 0 Å². The molecule has 0 aromatic rings. The second-order valence-electron chi connectivity index (χ2n) is 2.81. The Balaban J connectivity index is 3.95. The molecule has 0 heterocycles. The van der Waals surface area contributed by atoms with Crippen molar-refractivity contribution in [1.29, 1.82) is 0 Å². The van der Waals surface area contributed by atoms with Crippen LogP contribution in [0.4, 0.5) is 0 Å². The molecule has 86 valence electrons. The predicted molar refractivity (Wildman–Crippen MR) is 51.1 cm³/mol. The first-order valence-electron chi connectivity index (χ1n) is 4.48. The number of rotatable bonds is 7. The van der Waals surface area contributed by atoms with Gasteiger partial charge in [-0.3, -0.25) is 4.79 Å². The molecule has 0 aliphatic heterocycles. The Morgan fingerprint density at radius 2 is 2.13 bits per heavy atom. The number of aldehydes is 1. The second kappa shape index (κ2) is 7.93. The number of methoxy groups -OCH3 is 1. The lowest BCUT2D eigenvalue weighted by atomic mass is 10.3. The zero-order valence-corrected chi connectivity index (χ0v) is 8.82. The quantitative estimate of drug-likeness (QED) is 0.345. The molecule has 0 unspecified atom stereocenters. The monoisotopic (exact) mass is 217 g/mol. The first-order valence-corrected chi connectivity index (χ1v) is 4.48. The molecule has 0 saturated carbocycles. The van der Waals surface area contributed by atoms with E-state index in [0.29, 0.717) is 6.29 Å². The van der Waals surface area contributed by atoms with Crippen LogP contribution in [0, 0.1) is 0 Å². The average Bonchev–Trinajstić information content (AvgIpc) is 2.21. The van der Waals surface area contributed by atoms with Crippen molar-refractivity contribution < 1.29 is 23.9 Å². The van der Waals surface area contributed by atoms with Gasteiger partial charge in [0.1, 0.15) is 6.29 Å². The zero-order chi connectivity index (χ0) is 11.7. The smallest absolute Gasteiger partial charge is 0.330 e. The fourth-order valence-electron chi connectivity index (χ4n) is 0.889. The molecule has 0 saturated heterocycles. The van der Waals surface area contributed by atoms with Crippen LogP contribution in [0.25, 0.3) is 0 Å². The van der Waals surface area contributed by atoms with Gasteiger partial charge in [0.15, 0.2) is 6.04 Å². The lowest BCUT2D eigenvalue weighted by Gasteiger charge is -2.14. The van der Waals surface area contributed by atoms with Crippen LogP contribution < -0.4 is 5.32 Å². The topological polar surface area (TPSA) is 81.7 Å². The van der Waals surface area contributed by atoms with Crippen LogP contribution in [-0.2, 0) is 23.9 Å². The molecule has 0 fully saturated rings. The number of hydrogen-bond acceptors (Lipinski definition) is 5. The normalized spacial score (nSPS) is 11.6. The molecule has 1 amide bonds. The fraction of sp³-hybridized carbons (Fsp3) is 0.667. The van der Waals surface area contributed by atoms with Gasteiger partial charge in [0.2, 0.25) is 5.91 Å². The Bertz CT molecular complexity index is 229. The van der Waals surface area contributed by atoms with Crippen LogP contribution in [0.2, 0.25) is 0 Å². The number of carbonyl (C=O) groups excluding carboxylic acids is 3. The molecule has 0 aliphatic carbocycles. The lowest BCUT2D eigenvalue weighted by Crippen LogP contribution is -2.43. The van der Waals surface area contributed by atoms with Crippen LogP contribution in [0.5, 0.6) is 0 Å². The van der Waals surface area contributed by atoms with Gasteiger partial charge in [-0.25, -0.2) is 4.79 Å². The van der Waals surface area contributed by atoms with E-state index in [1.54, 1.807) is 0 Å². The molecule has 0 aromatic heterocycles. The van der Waals surface area contributed by atoms with Crippen molar-refractivity contribution in [3.05, 3.63) is 0 Å². The summed E-state index contributed by atoms with van der Waals surface area (Å²) in [7, 11) is 1.22. The van der Waals surface area contributed by atoms with E-state index in [4.69, 9.17) is 4.74 Å². The van der Waals surface area contributed by atoms with Gasteiger partial charge in [-0.15, -0.1) is 0 Å². The van der Waals surface area contributed by atoms with Crippen LogP contribution in [0.3, 0.4) is 0 Å². The number of nitrogens with one attached hydrogen (secondary N) is 1. The molecule has 6 heteroatoms. The molecule has 0 bridgehead atoms. The first-order chi connectivity index (χ1) is 7.11.